The highest BCUT2D eigenvalue weighted by atomic mass is 35.5. The quantitative estimate of drug-likeness (QED) is 0.507. The molecule has 0 bridgehead atoms. The average Bonchev–Trinajstić information content (AvgIpc) is 3.51. The second-order valence-electron chi connectivity index (χ2n) is 8.69. The zero-order valence-electron chi connectivity index (χ0n) is 18.8. The second-order valence-corrected chi connectivity index (χ2v) is 9.10. The van der Waals surface area contributed by atoms with Crippen LogP contribution in [0.2, 0.25) is 5.02 Å². The summed E-state index contributed by atoms with van der Waals surface area (Å²) in [5.74, 6) is -0.746. The maximum absolute atomic E-state index is 13.3. The first-order chi connectivity index (χ1) is 16.0. The van der Waals surface area contributed by atoms with Gasteiger partial charge in [-0.25, -0.2) is 9.67 Å². The third kappa shape index (κ3) is 4.86. The van der Waals surface area contributed by atoms with Crippen molar-refractivity contribution >= 4 is 40.1 Å². The molecule has 1 aliphatic rings. The number of likely N-dealkylation sites (N-methyl/N-ethyl adjacent to an activating group) is 1. The highest BCUT2D eigenvalue weighted by molar-refractivity contribution is 6.31. The van der Waals surface area contributed by atoms with Crippen LogP contribution < -0.4 is 5.32 Å². The molecule has 1 fully saturated rings. The van der Waals surface area contributed by atoms with Crippen LogP contribution in [0.15, 0.2) is 30.5 Å². The fraction of sp³-hybridized carbons (Fsp3) is 0.391. The number of benzene rings is 1. The van der Waals surface area contributed by atoms with Crippen molar-refractivity contribution in [2.24, 2.45) is 0 Å². The van der Waals surface area contributed by atoms with Gasteiger partial charge >= 0.3 is 6.18 Å². The van der Waals surface area contributed by atoms with Crippen molar-refractivity contribution in [3.05, 3.63) is 52.3 Å². The van der Waals surface area contributed by atoms with Crippen molar-refractivity contribution in [2.75, 3.05) is 18.9 Å². The number of rotatable bonds is 6. The van der Waals surface area contributed by atoms with Crippen LogP contribution in [-0.2, 0) is 11.0 Å². The summed E-state index contributed by atoms with van der Waals surface area (Å²) in [6.07, 6.45) is -1.06. The first-order valence-corrected chi connectivity index (χ1v) is 11.1. The Balaban J connectivity index is 1.55. The van der Waals surface area contributed by atoms with Gasteiger partial charge < -0.3 is 10.2 Å². The smallest absolute Gasteiger partial charge is 0.332 e. The van der Waals surface area contributed by atoms with Gasteiger partial charge in [-0.1, -0.05) is 11.6 Å². The summed E-state index contributed by atoms with van der Waals surface area (Å²) < 4.78 is 41.0. The highest BCUT2D eigenvalue weighted by Gasteiger charge is 2.33. The van der Waals surface area contributed by atoms with E-state index in [9.17, 15) is 22.8 Å². The van der Waals surface area contributed by atoms with Crippen LogP contribution in [0.25, 0.3) is 11.0 Å². The first-order valence-electron chi connectivity index (χ1n) is 10.8. The topological polar surface area (TPSA) is 80.1 Å². The Morgan fingerprint density at radius 2 is 1.97 bits per heavy atom. The van der Waals surface area contributed by atoms with E-state index in [-0.39, 0.29) is 18.3 Å². The fourth-order valence-electron chi connectivity index (χ4n) is 3.69. The molecule has 0 spiro atoms. The molecule has 0 aliphatic heterocycles. The van der Waals surface area contributed by atoms with Gasteiger partial charge in [-0.05, 0) is 51.0 Å². The molecule has 1 aromatic carbocycles. The summed E-state index contributed by atoms with van der Waals surface area (Å²) in [6, 6.07) is 4.89. The normalized spacial score (nSPS) is 14.0. The molecule has 2 amide bonds. The number of anilines is 1. The molecule has 0 radical (unpaired) electrons. The van der Waals surface area contributed by atoms with E-state index in [1.807, 2.05) is 13.8 Å². The number of hydrogen-bond acceptors (Lipinski definition) is 4. The molecular formula is C23H23ClF3N5O2. The number of carbonyl (C=O) groups excluding carboxylic acids is 2. The lowest BCUT2D eigenvalue weighted by atomic mass is 10.1. The molecule has 0 unspecified atom stereocenters. The number of amides is 2. The van der Waals surface area contributed by atoms with Crippen molar-refractivity contribution in [3.63, 3.8) is 0 Å². The molecule has 0 atom stereocenters. The van der Waals surface area contributed by atoms with Gasteiger partial charge in [-0.3, -0.25) is 9.59 Å². The summed E-state index contributed by atoms with van der Waals surface area (Å²) in [4.78, 5) is 31.7. The van der Waals surface area contributed by atoms with E-state index < -0.39 is 28.6 Å². The monoisotopic (exact) mass is 493 g/mol. The Bertz CT molecular complexity index is 1270. The lowest BCUT2D eigenvalue weighted by molar-refractivity contribution is -0.137. The highest BCUT2D eigenvalue weighted by Crippen LogP contribution is 2.40. The Kier molecular flexibility index (Phi) is 6.28. The number of halogens is 4. The standard InChI is InChI=1S/C23H23ClF3N5O2/c1-12(2)32-21-16(10-28-32)15(9-19(30-21)13-4-5-13)22(34)31(3)11-20(33)29-14-6-7-18(24)17(8-14)23(25,26)27/h6-10,12-13H,4-5,11H2,1-3H3,(H,29,33). The van der Waals surface area contributed by atoms with E-state index in [4.69, 9.17) is 16.6 Å². The predicted molar refractivity (Wildman–Crippen MR) is 122 cm³/mol. The predicted octanol–water partition coefficient (Wildman–Crippen LogP) is 5.27. The van der Waals surface area contributed by atoms with Crippen molar-refractivity contribution in [3.8, 4) is 0 Å². The number of nitrogens with zero attached hydrogens (tertiary/aromatic N) is 4. The zero-order chi connectivity index (χ0) is 24.8. The molecule has 1 aliphatic carbocycles. The van der Waals surface area contributed by atoms with Crippen molar-refractivity contribution in [2.45, 2.75) is 44.8 Å². The first kappa shape index (κ1) is 24.0. The van der Waals surface area contributed by atoms with E-state index in [1.165, 1.54) is 18.0 Å². The molecule has 11 heteroatoms. The molecule has 1 saturated carbocycles. The van der Waals surface area contributed by atoms with Gasteiger partial charge in [0.25, 0.3) is 5.91 Å². The third-order valence-electron chi connectivity index (χ3n) is 5.58. The molecule has 180 valence electrons. The molecule has 0 saturated heterocycles. The third-order valence-corrected chi connectivity index (χ3v) is 5.91. The Morgan fingerprint density at radius 1 is 1.26 bits per heavy atom. The van der Waals surface area contributed by atoms with E-state index in [2.05, 4.69) is 10.4 Å². The molecular weight excluding hydrogens is 471 g/mol. The van der Waals surface area contributed by atoms with E-state index >= 15 is 0 Å². The van der Waals surface area contributed by atoms with Crippen molar-refractivity contribution in [1.29, 1.82) is 0 Å². The van der Waals surface area contributed by atoms with E-state index in [1.54, 1.807) is 16.9 Å². The number of hydrogen-bond donors (Lipinski definition) is 1. The van der Waals surface area contributed by atoms with Crippen LogP contribution in [-0.4, -0.2) is 45.1 Å². The van der Waals surface area contributed by atoms with Crippen LogP contribution in [0.5, 0.6) is 0 Å². The maximum Gasteiger partial charge on any atom is 0.417 e. The minimum absolute atomic E-state index is 0.0480. The summed E-state index contributed by atoms with van der Waals surface area (Å²) in [6.45, 7) is 3.58. The van der Waals surface area contributed by atoms with Crippen LogP contribution >= 0.6 is 11.6 Å². The summed E-state index contributed by atoms with van der Waals surface area (Å²) in [5, 5.41) is 6.89. The number of nitrogens with one attached hydrogen (secondary N) is 1. The lowest BCUT2D eigenvalue weighted by Gasteiger charge is -2.18. The fourth-order valence-corrected chi connectivity index (χ4v) is 3.92. The molecule has 1 N–H and O–H groups in total. The van der Waals surface area contributed by atoms with Gasteiger partial charge in [-0.15, -0.1) is 0 Å². The summed E-state index contributed by atoms with van der Waals surface area (Å²) in [5.41, 5.74) is 0.701. The van der Waals surface area contributed by atoms with Gasteiger partial charge in [0, 0.05) is 30.4 Å². The zero-order valence-corrected chi connectivity index (χ0v) is 19.5. The van der Waals surface area contributed by atoms with Gasteiger partial charge in [0.2, 0.25) is 5.91 Å². The second kappa shape index (κ2) is 8.90. The number of aromatic nitrogens is 3. The summed E-state index contributed by atoms with van der Waals surface area (Å²) >= 11 is 5.62. The number of alkyl halides is 3. The Hall–Kier alpha value is -3.14. The van der Waals surface area contributed by atoms with Gasteiger partial charge in [0.1, 0.15) is 0 Å². The molecule has 2 aromatic heterocycles. The Morgan fingerprint density at radius 3 is 2.59 bits per heavy atom. The van der Waals surface area contributed by atoms with Gasteiger partial charge in [-0.2, -0.15) is 18.3 Å². The number of pyridine rings is 1. The lowest BCUT2D eigenvalue weighted by Crippen LogP contribution is -2.35. The minimum Gasteiger partial charge on any atom is -0.332 e. The molecule has 4 rings (SSSR count). The maximum atomic E-state index is 13.3. The SMILES string of the molecule is CC(C)n1ncc2c(C(=O)N(C)CC(=O)Nc3ccc(Cl)c(C(F)(F)F)c3)cc(C3CC3)nc21. The molecule has 7 nitrogen and oxygen atoms in total. The van der Waals surface area contributed by atoms with E-state index in [0.29, 0.717) is 22.5 Å². The van der Waals surface area contributed by atoms with E-state index in [0.717, 1.165) is 30.7 Å². The van der Waals surface area contributed by atoms with Crippen LogP contribution in [0, 0.1) is 0 Å². The van der Waals surface area contributed by atoms with Gasteiger partial charge in [0.15, 0.2) is 5.65 Å². The van der Waals surface area contributed by atoms with Crippen LogP contribution in [0.4, 0.5) is 18.9 Å². The van der Waals surface area contributed by atoms with Crippen LogP contribution in [0.1, 0.15) is 60.3 Å². The summed E-state index contributed by atoms with van der Waals surface area (Å²) in [7, 11) is 1.46. The molecule has 34 heavy (non-hydrogen) atoms. The Labute approximate surface area is 198 Å². The minimum atomic E-state index is -4.66. The largest absolute Gasteiger partial charge is 0.417 e. The average molecular weight is 494 g/mol. The van der Waals surface area contributed by atoms with Crippen molar-refractivity contribution < 1.29 is 22.8 Å². The van der Waals surface area contributed by atoms with Crippen LogP contribution in [0.3, 0.4) is 0 Å². The molecule has 2 heterocycles. The molecule has 3 aromatic rings. The number of fused-ring (bicyclic) bond motifs is 1. The van der Waals surface area contributed by atoms with Crippen molar-refractivity contribution in [1.82, 2.24) is 19.7 Å². The van der Waals surface area contributed by atoms with Gasteiger partial charge in [0.05, 0.1) is 34.3 Å². The number of carbonyl (C=O) groups is 2.